The van der Waals surface area contributed by atoms with E-state index in [1.807, 2.05) is 74.7 Å². The van der Waals surface area contributed by atoms with Gasteiger partial charge in [0.05, 0.1) is 11.5 Å². The summed E-state index contributed by atoms with van der Waals surface area (Å²) in [4.78, 5) is 12.4. The number of aromatic nitrogens is 3. The van der Waals surface area contributed by atoms with E-state index >= 15 is 0 Å². The van der Waals surface area contributed by atoms with Gasteiger partial charge in [-0.15, -0.1) is 10.2 Å². The van der Waals surface area contributed by atoms with Crippen molar-refractivity contribution in [1.82, 2.24) is 20.1 Å². The van der Waals surface area contributed by atoms with Crippen LogP contribution < -0.4 is 5.32 Å². The van der Waals surface area contributed by atoms with E-state index in [1.165, 1.54) is 11.8 Å². The van der Waals surface area contributed by atoms with Crippen molar-refractivity contribution in [2.75, 3.05) is 0 Å². The fourth-order valence-corrected chi connectivity index (χ4v) is 3.27. The minimum atomic E-state index is -0.315. The van der Waals surface area contributed by atoms with E-state index in [9.17, 15) is 4.79 Å². The van der Waals surface area contributed by atoms with Crippen LogP contribution in [-0.4, -0.2) is 31.5 Å². The normalized spacial score (nSPS) is 12.8. The zero-order valence-electron chi connectivity index (χ0n) is 15.3. The highest BCUT2D eigenvalue weighted by atomic mass is 32.2. The molecule has 0 aliphatic rings. The van der Waals surface area contributed by atoms with Gasteiger partial charge in [-0.25, -0.2) is 0 Å². The lowest BCUT2D eigenvalue weighted by atomic mass is 10.1. The fraction of sp³-hybridized carbons (Fsp3) is 0.316. The molecule has 6 nitrogen and oxygen atoms in total. The van der Waals surface area contributed by atoms with E-state index < -0.39 is 0 Å². The fourth-order valence-electron chi connectivity index (χ4n) is 2.40. The predicted molar refractivity (Wildman–Crippen MR) is 102 cm³/mol. The zero-order valence-corrected chi connectivity index (χ0v) is 16.1. The molecule has 0 aliphatic heterocycles. The molecule has 1 amide bonds. The van der Waals surface area contributed by atoms with Crippen molar-refractivity contribution in [3.8, 4) is 17.3 Å². The third-order valence-electron chi connectivity index (χ3n) is 3.54. The highest BCUT2D eigenvalue weighted by Crippen LogP contribution is 2.30. The lowest BCUT2D eigenvalue weighted by Gasteiger charge is -2.23. The summed E-state index contributed by atoms with van der Waals surface area (Å²) in [6.45, 7) is 7.75. The van der Waals surface area contributed by atoms with Crippen LogP contribution in [0.1, 0.15) is 27.7 Å². The lowest BCUT2D eigenvalue weighted by Crippen LogP contribution is -2.44. The Morgan fingerprint density at radius 1 is 1.15 bits per heavy atom. The Balaban J connectivity index is 1.94. The number of carbonyl (C=O) groups is 1. The molecule has 0 spiro atoms. The summed E-state index contributed by atoms with van der Waals surface area (Å²) in [5.74, 6) is 1.19. The van der Waals surface area contributed by atoms with E-state index in [0.717, 1.165) is 5.69 Å². The maximum Gasteiger partial charge on any atom is 0.233 e. The summed E-state index contributed by atoms with van der Waals surface area (Å²) in [6.07, 6.45) is 1.60. The summed E-state index contributed by atoms with van der Waals surface area (Å²) < 4.78 is 7.41. The van der Waals surface area contributed by atoms with E-state index in [2.05, 4.69) is 15.5 Å². The third kappa shape index (κ3) is 4.16. The van der Waals surface area contributed by atoms with Crippen molar-refractivity contribution in [1.29, 1.82) is 0 Å². The van der Waals surface area contributed by atoms with Crippen LogP contribution in [0.15, 0.2) is 58.3 Å². The van der Waals surface area contributed by atoms with Crippen LogP contribution in [0.5, 0.6) is 0 Å². The Bertz CT molecular complexity index is 867. The number of hydrogen-bond donors (Lipinski definition) is 1. The number of carbonyl (C=O) groups excluding carboxylic acids is 1. The van der Waals surface area contributed by atoms with E-state index in [1.54, 1.807) is 6.26 Å². The van der Waals surface area contributed by atoms with Crippen molar-refractivity contribution < 1.29 is 9.21 Å². The van der Waals surface area contributed by atoms with Gasteiger partial charge in [-0.3, -0.25) is 9.36 Å². The minimum Gasteiger partial charge on any atom is -0.461 e. The number of furan rings is 1. The van der Waals surface area contributed by atoms with Gasteiger partial charge in [0.1, 0.15) is 0 Å². The first kappa shape index (κ1) is 18.3. The molecule has 0 aliphatic carbocycles. The first-order chi connectivity index (χ1) is 12.3. The number of para-hydroxylation sites is 1. The van der Waals surface area contributed by atoms with Gasteiger partial charge in [-0.1, -0.05) is 30.0 Å². The molecule has 2 aromatic heterocycles. The molecule has 3 aromatic rings. The van der Waals surface area contributed by atoms with Gasteiger partial charge in [-0.2, -0.15) is 0 Å². The highest BCUT2D eigenvalue weighted by molar-refractivity contribution is 8.00. The Morgan fingerprint density at radius 3 is 2.50 bits per heavy atom. The number of nitrogens with zero attached hydrogens (tertiary/aromatic N) is 3. The van der Waals surface area contributed by atoms with Gasteiger partial charge in [0, 0.05) is 11.2 Å². The molecule has 2 heterocycles. The summed E-state index contributed by atoms with van der Waals surface area (Å²) >= 11 is 1.37. The average molecular weight is 370 g/mol. The number of thioether (sulfide) groups is 1. The minimum absolute atomic E-state index is 0.0374. The molecular weight excluding hydrogens is 348 g/mol. The van der Waals surface area contributed by atoms with Crippen molar-refractivity contribution in [3.05, 3.63) is 48.7 Å². The molecule has 26 heavy (non-hydrogen) atoms. The van der Waals surface area contributed by atoms with E-state index in [0.29, 0.717) is 16.7 Å². The molecule has 0 saturated heterocycles. The second-order valence-corrected chi connectivity index (χ2v) is 8.26. The maximum atomic E-state index is 12.4. The van der Waals surface area contributed by atoms with Crippen LogP contribution in [-0.2, 0) is 4.79 Å². The Kier molecular flexibility index (Phi) is 5.18. The van der Waals surface area contributed by atoms with Crippen LogP contribution in [0.4, 0.5) is 0 Å². The van der Waals surface area contributed by atoms with Gasteiger partial charge in [0.25, 0.3) is 0 Å². The Labute approximate surface area is 157 Å². The van der Waals surface area contributed by atoms with Gasteiger partial charge in [0.15, 0.2) is 10.9 Å². The first-order valence-corrected chi connectivity index (χ1v) is 9.26. The lowest BCUT2D eigenvalue weighted by molar-refractivity contribution is -0.121. The largest absolute Gasteiger partial charge is 0.461 e. The number of benzene rings is 1. The van der Waals surface area contributed by atoms with Crippen LogP contribution in [0.2, 0.25) is 0 Å². The molecule has 0 radical (unpaired) electrons. The monoisotopic (exact) mass is 370 g/mol. The SMILES string of the molecule is CC(Sc1nnc(-c2ccco2)n1-c1ccccc1)C(=O)NC(C)(C)C. The van der Waals surface area contributed by atoms with Crippen molar-refractivity contribution in [2.24, 2.45) is 0 Å². The van der Waals surface area contributed by atoms with E-state index in [4.69, 9.17) is 4.42 Å². The molecule has 0 saturated carbocycles. The molecule has 3 rings (SSSR count). The van der Waals surface area contributed by atoms with Crippen molar-refractivity contribution in [3.63, 3.8) is 0 Å². The Morgan fingerprint density at radius 2 is 1.88 bits per heavy atom. The molecular formula is C19H22N4O2S. The zero-order chi connectivity index (χ0) is 18.7. The molecule has 1 unspecified atom stereocenters. The van der Waals surface area contributed by atoms with Crippen molar-refractivity contribution in [2.45, 2.75) is 43.6 Å². The molecule has 136 valence electrons. The molecule has 0 fully saturated rings. The number of amides is 1. The van der Waals surface area contributed by atoms with Gasteiger partial charge in [-0.05, 0) is 52.0 Å². The maximum absolute atomic E-state index is 12.4. The summed E-state index contributed by atoms with van der Waals surface area (Å²) in [7, 11) is 0. The van der Waals surface area contributed by atoms with Crippen LogP contribution in [0.25, 0.3) is 17.3 Å². The van der Waals surface area contributed by atoms with E-state index in [-0.39, 0.29) is 16.7 Å². The second kappa shape index (κ2) is 7.37. The van der Waals surface area contributed by atoms with Gasteiger partial charge >= 0.3 is 0 Å². The second-order valence-electron chi connectivity index (χ2n) is 6.95. The van der Waals surface area contributed by atoms with Gasteiger partial charge in [0.2, 0.25) is 11.7 Å². The summed E-state index contributed by atoms with van der Waals surface area (Å²) in [6, 6.07) is 13.4. The van der Waals surface area contributed by atoms with Crippen LogP contribution >= 0.6 is 11.8 Å². The number of hydrogen-bond acceptors (Lipinski definition) is 5. The van der Waals surface area contributed by atoms with Gasteiger partial charge < -0.3 is 9.73 Å². The molecule has 1 aromatic carbocycles. The van der Waals surface area contributed by atoms with Crippen LogP contribution in [0.3, 0.4) is 0 Å². The molecule has 7 heteroatoms. The third-order valence-corrected chi connectivity index (χ3v) is 4.58. The molecule has 0 bridgehead atoms. The Hall–Kier alpha value is -2.54. The quantitative estimate of drug-likeness (QED) is 0.689. The highest BCUT2D eigenvalue weighted by Gasteiger charge is 2.24. The predicted octanol–water partition coefficient (Wildman–Crippen LogP) is 3.92. The first-order valence-electron chi connectivity index (χ1n) is 8.38. The molecule has 1 atom stereocenters. The van der Waals surface area contributed by atoms with Crippen LogP contribution in [0, 0.1) is 0 Å². The summed E-state index contributed by atoms with van der Waals surface area (Å²) in [5.41, 5.74) is 0.632. The molecule has 1 N–H and O–H groups in total. The topological polar surface area (TPSA) is 73.0 Å². The number of nitrogens with one attached hydrogen (secondary N) is 1. The standard InChI is InChI=1S/C19H22N4O2S/c1-13(17(24)20-19(2,3)4)26-18-22-21-16(15-11-8-12-25-15)23(18)14-9-6-5-7-10-14/h5-13H,1-4H3,(H,20,24). The summed E-state index contributed by atoms with van der Waals surface area (Å²) in [5, 5.41) is 11.9. The van der Waals surface area contributed by atoms with Crippen molar-refractivity contribution >= 4 is 17.7 Å². The smallest absolute Gasteiger partial charge is 0.233 e. The number of rotatable bonds is 5. The average Bonchev–Trinajstić information content (AvgIpc) is 3.23.